The van der Waals surface area contributed by atoms with Crippen molar-refractivity contribution < 1.29 is 9.50 Å². The van der Waals surface area contributed by atoms with Crippen LogP contribution in [-0.2, 0) is 0 Å². The van der Waals surface area contributed by atoms with E-state index in [0.717, 1.165) is 11.8 Å². The molecule has 0 aliphatic carbocycles. The Kier molecular flexibility index (Phi) is 3.01. The van der Waals surface area contributed by atoms with Crippen LogP contribution in [0.5, 0.6) is 0 Å². The van der Waals surface area contributed by atoms with Gasteiger partial charge in [-0.05, 0) is 30.7 Å². The van der Waals surface area contributed by atoms with Crippen molar-refractivity contribution in [3.05, 3.63) is 53.2 Å². The molecular formula is C12H12FN3O. The van der Waals surface area contributed by atoms with Crippen molar-refractivity contribution in [3.8, 4) is 0 Å². The molecule has 0 aliphatic rings. The number of aromatic nitrogens is 2. The normalized spacial score (nSPS) is 12.4. The summed E-state index contributed by atoms with van der Waals surface area (Å²) in [6.07, 6.45) is 1.67. The second kappa shape index (κ2) is 4.47. The number of aliphatic hydroxyl groups is 1. The lowest BCUT2D eigenvalue weighted by Crippen LogP contribution is -2.07. The van der Waals surface area contributed by atoms with Crippen LogP contribution in [0.25, 0.3) is 0 Å². The Morgan fingerprint density at radius 1 is 1.29 bits per heavy atom. The van der Waals surface area contributed by atoms with Crippen molar-refractivity contribution in [3.63, 3.8) is 0 Å². The van der Waals surface area contributed by atoms with Crippen molar-refractivity contribution >= 4 is 5.82 Å². The van der Waals surface area contributed by atoms with Crippen LogP contribution in [0.4, 0.5) is 10.2 Å². The lowest BCUT2D eigenvalue weighted by molar-refractivity contribution is 0.215. The first-order valence-electron chi connectivity index (χ1n) is 5.09. The summed E-state index contributed by atoms with van der Waals surface area (Å²) in [6, 6.07) is 4.39. The van der Waals surface area contributed by atoms with Gasteiger partial charge in [-0.2, -0.15) is 0 Å². The Labute approximate surface area is 98.0 Å². The van der Waals surface area contributed by atoms with Gasteiger partial charge < -0.3 is 10.8 Å². The monoisotopic (exact) mass is 233 g/mol. The predicted molar refractivity (Wildman–Crippen MR) is 61.6 cm³/mol. The molecule has 0 spiro atoms. The molecule has 0 aliphatic heterocycles. The van der Waals surface area contributed by atoms with Crippen LogP contribution in [0, 0.1) is 12.7 Å². The number of nitrogens with two attached hydrogens (primary N) is 1. The van der Waals surface area contributed by atoms with Crippen molar-refractivity contribution in [1.29, 1.82) is 0 Å². The third-order valence-corrected chi connectivity index (χ3v) is 2.41. The quantitative estimate of drug-likeness (QED) is 0.826. The number of anilines is 1. The zero-order valence-electron chi connectivity index (χ0n) is 9.26. The highest BCUT2D eigenvalue weighted by Crippen LogP contribution is 2.24. The number of hydrogen-bond acceptors (Lipinski definition) is 4. The Balaban J connectivity index is 2.39. The molecule has 5 heteroatoms. The Morgan fingerprint density at radius 2 is 2.06 bits per heavy atom. The molecule has 0 fully saturated rings. The van der Waals surface area contributed by atoms with E-state index in [4.69, 9.17) is 5.73 Å². The minimum Gasteiger partial charge on any atom is -0.383 e. The second-order valence-electron chi connectivity index (χ2n) is 3.79. The first-order valence-corrected chi connectivity index (χ1v) is 5.09. The zero-order valence-corrected chi connectivity index (χ0v) is 9.26. The number of hydrogen-bond donors (Lipinski definition) is 2. The van der Waals surface area contributed by atoms with Crippen molar-refractivity contribution in [1.82, 2.24) is 9.97 Å². The predicted octanol–water partition coefficient (Wildman–Crippen LogP) is 1.59. The smallest absolute Gasteiger partial charge is 0.141 e. The fraction of sp³-hybridized carbons (Fsp3) is 0.167. The molecule has 1 unspecified atom stereocenters. The van der Waals surface area contributed by atoms with Gasteiger partial charge in [0.25, 0.3) is 0 Å². The summed E-state index contributed by atoms with van der Waals surface area (Å²) in [4.78, 5) is 7.78. The maximum atomic E-state index is 12.7. The van der Waals surface area contributed by atoms with E-state index in [2.05, 4.69) is 9.97 Å². The maximum absolute atomic E-state index is 12.7. The van der Waals surface area contributed by atoms with Gasteiger partial charge in [0.1, 0.15) is 17.7 Å². The molecule has 3 N–H and O–H groups in total. The first kappa shape index (κ1) is 11.5. The molecule has 0 bridgehead atoms. The molecule has 0 saturated heterocycles. The van der Waals surface area contributed by atoms with Crippen LogP contribution >= 0.6 is 0 Å². The molecule has 2 aromatic rings. The maximum Gasteiger partial charge on any atom is 0.141 e. The Morgan fingerprint density at radius 3 is 2.71 bits per heavy atom. The fourth-order valence-electron chi connectivity index (χ4n) is 1.53. The third kappa shape index (κ3) is 2.39. The molecule has 0 amide bonds. The Hall–Kier alpha value is -2.01. The van der Waals surface area contributed by atoms with Crippen LogP contribution in [0.2, 0.25) is 0 Å². The molecule has 2 heterocycles. The van der Waals surface area contributed by atoms with Crippen LogP contribution in [0.15, 0.2) is 30.6 Å². The Bertz CT molecular complexity index is 528. The number of nitrogen functional groups attached to an aromatic ring is 1. The highest BCUT2D eigenvalue weighted by Gasteiger charge is 2.15. The highest BCUT2D eigenvalue weighted by atomic mass is 19.1. The van der Waals surface area contributed by atoms with Gasteiger partial charge in [-0.15, -0.1) is 0 Å². The first-order chi connectivity index (χ1) is 8.08. The average Bonchev–Trinajstić information content (AvgIpc) is 2.32. The van der Waals surface area contributed by atoms with Crippen LogP contribution < -0.4 is 5.73 Å². The van der Waals surface area contributed by atoms with E-state index in [-0.39, 0.29) is 5.82 Å². The topological polar surface area (TPSA) is 72.0 Å². The van der Waals surface area contributed by atoms with E-state index in [1.807, 2.05) is 6.92 Å². The summed E-state index contributed by atoms with van der Waals surface area (Å²) in [6.45, 7) is 1.85. The van der Waals surface area contributed by atoms with Gasteiger partial charge in [-0.25, -0.2) is 9.37 Å². The van der Waals surface area contributed by atoms with Gasteiger partial charge in [0.05, 0.1) is 11.9 Å². The number of aliphatic hydroxyl groups excluding tert-OH is 1. The van der Waals surface area contributed by atoms with Crippen LogP contribution in [0.1, 0.15) is 22.9 Å². The van der Waals surface area contributed by atoms with E-state index in [0.29, 0.717) is 11.3 Å². The van der Waals surface area contributed by atoms with Crippen molar-refractivity contribution in [2.75, 3.05) is 5.73 Å². The highest BCUT2D eigenvalue weighted by molar-refractivity contribution is 5.44. The molecule has 0 radical (unpaired) electrons. The summed E-state index contributed by atoms with van der Waals surface area (Å²) < 4.78 is 12.7. The summed E-state index contributed by atoms with van der Waals surface area (Å²) in [5, 5.41) is 10.1. The van der Waals surface area contributed by atoms with Gasteiger partial charge in [-0.1, -0.05) is 0 Å². The van der Waals surface area contributed by atoms with E-state index >= 15 is 0 Å². The third-order valence-electron chi connectivity index (χ3n) is 2.41. The van der Waals surface area contributed by atoms with Gasteiger partial charge in [0.2, 0.25) is 0 Å². The number of nitrogens with zero attached hydrogens (tertiary/aromatic N) is 2. The molecule has 2 rings (SSSR count). The summed E-state index contributed by atoms with van der Waals surface area (Å²) in [7, 11) is 0. The molecule has 1 atom stereocenters. The minimum absolute atomic E-state index is 0.245. The fourth-order valence-corrected chi connectivity index (χ4v) is 1.53. The molecule has 4 nitrogen and oxygen atoms in total. The number of rotatable bonds is 2. The number of halogens is 1. The lowest BCUT2D eigenvalue weighted by atomic mass is 10.1. The lowest BCUT2D eigenvalue weighted by Gasteiger charge is -2.12. The largest absolute Gasteiger partial charge is 0.383 e. The second-order valence-corrected chi connectivity index (χ2v) is 3.79. The average molecular weight is 233 g/mol. The summed E-state index contributed by atoms with van der Waals surface area (Å²) in [5.74, 6) is -0.203. The van der Waals surface area contributed by atoms with Gasteiger partial charge in [0, 0.05) is 11.8 Å². The molecule has 17 heavy (non-hydrogen) atoms. The van der Waals surface area contributed by atoms with Crippen LogP contribution in [-0.4, -0.2) is 15.1 Å². The van der Waals surface area contributed by atoms with E-state index in [1.54, 1.807) is 12.3 Å². The zero-order chi connectivity index (χ0) is 12.4. The molecule has 0 saturated carbocycles. The van der Waals surface area contributed by atoms with Gasteiger partial charge in [0.15, 0.2) is 0 Å². The van der Waals surface area contributed by atoms with Crippen molar-refractivity contribution in [2.24, 2.45) is 0 Å². The SMILES string of the molecule is Cc1cnc(N)c(C(O)c2ccc(F)cn2)c1. The van der Waals surface area contributed by atoms with E-state index in [9.17, 15) is 9.50 Å². The van der Waals surface area contributed by atoms with Crippen molar-refractivity contribution in [2.45, 2.75) is 13.0 Å². The molecular weight excluding hydrogens is 221 g/mol. The molecule has 88 valence electrons. The summed E-state index contributed by atoms with van der Waals surface area (Å²) >= 11 is 0. The number of pyridine rings is 2. The van der Waals surface area contributed by atoms with Crippen LogP contribution in [0.3, 0.4) is 0 Å². The molecule has 0 aromatic carbocycles. The molecule has 2 aromatic heterocycles. The van der Waals surface area contributed by atoms with E-state index in [1.165, 1.54) is 12.1 Å². The summed E-state index contributed by atoms with van der Waals surface area (Å²) in [5.41, 5.74) is 7.38. The number of aryl methyl sites for hydroxylation is 1. The standard InChI is InChI=1S/C12H12FN3O/c1-7-4-9(12(14)16-5-7)11(17)10-3-2-8(13)6-15-10/h2-6,11,17H,1H3,(H2,14,16). The minimum atomic E-state index is -0.997. The van der Waals surface area contributed by atoms with Gasteiger partial charge >= 0.3 is 0 Å². The van der Waals surface area contributed by atoms with Gasteiger partial charge in [-0.3, -0.25) is 4.98 Å². The van der Waals surface area contributed by atoms with E-state index < -0.39 is 11.9 Å².